The molecule has 1 aliphatic rings. The van der Waals surface area contributed by atoms with Gasteiger partial charge in [0.05, 0.1) is 16.0 Å². The van der Waals surface area contributed by atoms with Crippen LogP contribution in [0.1, 0.15) is 28.9 Å². The summed E-state index contributed by atoms with van der Waals surface area (Å²) in [6.07, 6.45) is -1.97. The lowest BCUT2D eigenvalue weighted by Gasteiger charge is -2.21. The lowest BCUT2D eigenvalue weighted by atomic mass is 9.91. The second kappa shape index (κ2) is 7.88. The molecule has 0 radical (unpaired) electrons. The first kappa shape index (κ1) is 22.3. The van der Waals surface area contributed by atoms with E-state index in [0.29, 0.717) is 16.5 Å². The van der Waals surface area contributed by atoms with Crippen molar-refractivity contribution in [2.24, 2.45) is 0 Å². The molecule has 0 aliphatic carbocycles. The van der Waals surface area contributed by atoms with Gasteiger partial charge < -0.3 is 4.90 Å². The lowest BCUT2D eigenvalue weighted by Crippen LogP contribution is -2.25. The average Bonchev–Trinajstić information content (AvgIpc) is 3.25. The third-order valence-corrected chi connectivity index (χ3v) is 6.80. The number of carbonyl (C=O) groups excluding carboxylic acids is 1. The Hall–Kier alpha value is -2.94. The van der Waals surface area contributed by atoms with E-state index < -0.39 is 27.4 Å². The number of rotatable bonds is 4. The van der Waals surface area contributed by atoms with Gasteiger partial charge in [0, 0.05) is 41.7 Å². The van der Waals surface area contributed by atoms with Gasteiger partial charge in [0.1, 0.15) is 0 Å². The summed E-state index contributed by atoms with van der Waals surface area (Å²) in [7, 11) is -3.49. The van der Waals surface area contributed by atoms with Crippen molar-refractivity contribution in [2.45, 2.75) is 30.8 Å². The Kier molecular flexibility index (Phi) is 5.48. The number of sulfone groups is 1. The molecule has 1 aliphatic heterocycles. The maximum atomic E-state index is 13.5. The number of anilines is 1. The Bertz CT molecular complexity index is 1310. The highest BCUT2D eigenvalue weighted by atomic mass is 32.2. The molecule has 0 unspecified atom stereocenters. The molecule has 0 atom stereocenters. The minimum atomic E-state index is -5.08. The van der Waals surface area contributed by atoms with Crippen molar-refractivity contribution in [1.82, 2.24) is 4.98 Å². The van der Waals surface area contributed by atoms with Crippen molar-refractivity contribution in [3.63, 3.8) is 0 Å². The molecule has 32 heavy (non-hydrogen) atoms. The molecule has 0 spiro atoms. The van der Waals surface area contributed by atoms with Gasteiger partial charge in [0.2, 0.25) is 0 Å². The second-order valence-electron chi connectivity index (χ2n) is 7.97. The number of hydrogen-bond donors (Lipinski definition) is 0. The van der Waals surface area contributed by atoms with Crippen LogP contribution in [0.15, 0.2) is 47.4 Å². The maximum absolute atomic E-state index is 13.5. The normalized spacial score (nSPS) is 14.8. The predicted molar refractivity (Wildman–Crippen MR) is 117 cm³/mol. The highest BCUT2D eigenvalue weighted by Gasteiger charge is 2.42. The molecule has 9 heteroatoms. The second-order valence-corrected chi connectivity index (χ2v) is 9.98. The van der Waals surface area contributed by atoms with E-state index in [1.807, 2.05) is 6.07 Å². The molecular weight excluding hydrogens is 441 g/mol. The molecule has 1 aromatic heterocycles. The topological polar surface area (TPSA) is 67.3 Å². The average molecular weight is 462 g/mol. The van der Waals surface area contributed by atoms with E-state index in [4.69, 9.17) is 0 Å². The number of ketones is 1. The number of fused-ring (bicyclic) bond motifs is 1. The molecule has 3 aromatic rings. The summed E-state index contributed by atoms with van der Waals surface area (Å²) < 4.78 is 64.1. The van der Waals surface area contributed by atoms with Crippen molar-refractivity contribution < 1.29 is 26.4 Å². The summed E-state index contributed by atoms with van der Waals surface area (Å²) in [5.74, 6) is -1.97. The monoisotopic (exact) mass is 462 g/mol. The highest BCUT2D eigenvalue weighted by Crippen LogP contribution is 2.38. The summed E-state index contributed by atoms with van der Waals surface area (Å²) in [4.78, 5) is 18.9. The minimum Gasteiger partial charge on any atom is -0.372 e. The minimum absolute atomic E-state index is 0.0315. The van der Waals surface area contributed by atoms with Gasteiger partial charge in [-0.05, 0) is 55.7 Å². The zero-order valence-electron chi connectivity index (χ0n) is 17.5. The summed E-state index contributed by atoms with van der Waals surface area (Å²) in [6.45, 7) is 3.07. The fraction of sp³-hybridized carbons (Fsp3) is 0.304. The van der Waals surface area contributed by atoms with Crippen LogP contribution in [0, 0.1) is 6.92 Å². The SMILES string of the molecule is Cc1nc2ccc(N3CCCC3)cc2c(-c2ccc(S(C)(=O)=O)cc2)c1C(=O)C(F)(F)F. The Morgan fingerprint density at radius 1 is 1.03 bits per heavy atom. The number of Topliss-reactive ketones (excluding diaryl/α,β-unsaturated/α-hetero) is 1. The van der Waals surface area contributed by atoms with E-state index in [9.17, 15) is 26.4 Å². The third kappa shape index (κ3) is 4.09. The van der Waals surface area contributed by atoms with Crippen LogP contribution in [-0.2, 0) is 9.84 Å². The van der Waals surface area contributed by atoms with E-state index in [2.05, 4.69) is 9.88 Å². The molecule has 0 N–H and O–H groups in total. The molecule has 2 heterocycles. The molecule has 0 amide bonds. The molecule has 5 nitrogen and oxygen atoms in total. The van der Waals surface area contributed by atoms with E-state index >= 15 is 0 Å². The van der Waals surface area contributed by atoms with Crippen LogP contribution in [0.3, 0.4) is 0 Å². The van der Waals surface area contributed by atoms with Crippen molar-refractivity contribution in [3.05, 3.63) is 53.7 Å². The highest BCUT2D eigenvalue weighted by molar-refractivity contribution is 7.90. The third-order valence-electron chi connectivity index (χ3n) is 5.68. The summed E-state index contributed by atoms with van der Waals surface area (Å²) in [5.41, 5.74) is 1.19. The van der Waals surface area contributed by atoms with E-state index in [0.717, 1.165) is 37.9 Å². The van der Waals surface area contributed by atoms with Gasteiger partial charge in [-0.3, -0.25) is 9.78 Å². The van der Waals surface area contributed by atoms with E-state index in [1.165, 1.54) is 31.2 Å². The zero-order valence-corrected chi connectivity index (χ0v) is 18.3. The first-order chi connectivity index (χ1) is 15.0. The zero-order chi connectivity index (χ0) is 23.3. The number of halogens is 3. The number of benzene rings is 2. The van der Waals surface area contributed by atoms with E-state index in [1.54, 1.807) is 12.1 Å². The van der Waals surface area contributed by atoms with Gasteiger partial charge in [-0.1, -0.05) is 12.1 Å². The first-order valence-corrected chi connectivity index (χ1v) is 12.0. The Morgan fingerprint density at radius 3 is 2.22 bits per heavy atom. The van der Waals surface area contributed by atoms with Crippen molar-refractivity contribution in [2.75, 3.05) is 24.2 Å². The largest absolute Gasteiger partial charge is 0.454 e. The van der Waals surface area contributed by atoms with Gasteiger partial charge in [0.15, 0.2) is 9.84 Å². The van der Waals surface area contributed by atoms with E-state index in [-0.39, 0.29) is 16.2 Å². The van der Waals surface area contributed by atoms with Crippen molar-refractivity contribution >= 4 is 32.2 Å². The number of aryl methyl sites for hydroxylation is 1. The maximum Gasteiger partial charge on any atom is 0.454 e. The van der Waals surface area contributed by atoms with Crippen LogP contribution in [-0.4, -0.2) is 44.7 Å². The van der Waals surface area contributed by atoms with Gasteiger partial charge in [-0.25, -0.2) is 8.42 Å². The number of hydrogen-bond acceptors (Lipinski definition) is 5. The fourth-order valence-corrected chi connectivity index (χ4v) is 4.76. The van der Waals surface area contributed by atoms with Crippen LogP contribution in [0.2, 0.25) is 0 Å². The van der Waals surface area contributed by atoms with Crippen LogP contribution >= 0.6 is 0 Å². The number of carbonyl (C=O) groups is 1. The molecule has 0 bridgehead atoms. The Morgan fingerprint density at radius 2 is 1.66 bits per heavy atom. The molecule has 1 saturated heterocycles. The molecule has 4 rings (SSSR count). The number of aromatic nitrogens is 1. The molecule has 2 aromatic carbocycles. The summed E-state index contributed by atoms with van der Waals surface area (Å²) in [6, 6.07) is 10.9. The molecule has 168 valence electrons. The van der Waals surface area contributed by atoms with Gasteiger partial charge >= 0.3 is 6.18 Å². The van der Waals surface area contributed by atoms with Crippen LogP contribution in [0.25, 0.3) is 22.0 Å². The molecular formula is C23H21F3N2O3S. The predicted octanol–water partition coefficient (Wildman–Crippen LogP) is 4.96. The number of alkyl halides is 3. The smallest absolute Gasteiger partial charge is 0.372 e. The van der Waals surface area contributed by atoms with Gasteiger partial charge in [-0.15, -0.1) is 0 Å². The standard InChI is InChI=1S/C23H21F3N2O3S/c1-14-20(22(29)23(24,25)26)21(15-5-8-17(9-6-15)32(2,30)31)18-13-16(7-10-19(18)27-14)28-11-3-4-12-28/h5-10,13H,3-4,11-12H2,1-2H3. The summed E-state index contributed by atoms with van der Waals surface area (Å²) in [5, 5.41) is 0.416. The Labute approximate surface area is 183 Å². The fourth-order valence-electron chi connectivity index (χ4n) is 4.13. The summed E-state index contributed by atoms with van der Waals surface area (Å²) >= 11 is 0. The first-order valence-electron chi connectivity index (χ1n) is 10.1. The number of nitrogens with zero attached hydrogens (tertiary/aromatic N) is 2. The van der Waals surface area contributed by atoms with Crippen LogP contribution in [0.5, 0.6) is 0 Å². The van der Waals surface area contributed by atoms with Crippen LogP contribution in [0.4, 0.5) is 18.9 Å². The van der Waals surface area contributed by atoms with Crippen molar-refractivity contribution in [1.29, 1.82) is 0 Å². The Balaban J connectivity index is 2.03. The quantitative estimate of drug-likeness (QED) is 0.513. The van der Waals surface area contributed by atoms with Crippen LogP contribution < -0.4 is 4.90 Å². The van der Waals surface area contributed by atoms with Gasteiger partial charge in [0.25, 0.3) is 5.78 Å². The lowest BCUT2D eigenvalue weighted by molar-refractivity contribution is -0.0885. The molecule has 0 saturated carbocycles. The van der Waals surface area contributed by atoms with Gasteiger partial charge in [-0.2, -0.15) is 13.2 Å². The molecule has 1 fully saturated rings. The number of pyridine rings is 1. The van der Waals surface area contributed by atoms with Crippen molar-refractivity contribution in [3.8, 4) is 11.1 Å².